The second-order valence-corrected chi connectivity index (χ2v) is 6.89. The predicted molar refractivity (Wildman–Crippen MR) is 102 cm³/mol. The van der Waals surface area contributed by atoms with Gasteiger partial charge in [-0.3, -0.25) is 0 Å². The van der Waals surface area contributed by atoms with Crippen molar-refractivity contribution in [3.63, 3.8) is 0 Å². The molecule has 26 heavy (non-hydrogen) atoms. The Morgan fingerprint density at radius 1 is 1.23 bits per heavy atom. The number of ether oxygens (including phenoxy) is 2. The number of carboxylic acids is 1. The molecule has 1 aromatic heterocycles. The minimum Gasteiger partial charge on any atom is -0.493 e. The number of hydrogen-bond acceptors (Lipinski definition) is 5. The number of carboxylic acid groups (broad SMARTS) is 1. The molecule has 0 fully saturated rings. The van der Waals surface area contributed by atoms with Crippen LogP contribution in [-0.2, 0) is 6.61 Å². The van der Waals surface area contributed by atoms with Crippen LogP contribution in [0.5, 0.6) is 11.5 Å². The van der Waals surface area contributed by atoms with E-state index >= 15 is 0 Å². The first kappa shape index (κ1) is 18.2. The normalized spacial score (nSPS) is 10.6. The van der Waals surface area contributed by atoms with Gasteiger partial charge in [-0.1, -0.05) is 29.8 Å². The highest BCUT2D eigenvalue weighted by Gasteiger charge is 2.16. The lowest BCUT2D eigenvalue weighted by Crippen LogP contribution is -1.98. The van der Waals surface area contributed by atoms with Crippen LogP contribution < -0.4 is 9.47 Å². The van der Waals surface area contributed by atoms with E-state index in [1.54, 1.807) is 26.2 Å². The van der Waals surface area contributed by atoms with E-state index in [-0.39, 0.29) is 4.88 Å². The topological polar surface area (TPSA) is 68.7 Å². The van der Waals surface area contributed by atoms with Gasteiger partial charge in [0.1, 0.15) is 16.5 Å². The van der Waals surface area contributed by atoms with Gasteiger partial charge in [0.15, 0.2) is 11.5 Å². The molecule has 0 bridgehead atoms. The van der Waals surface area contributed by atoms with Crippen LogP contribution in [0.4, 0.5) is 0 Å². The fourth-order valence-corrected chi connectivity index (χ4v) is 3.50. The average Bonchev–Trinajstić information content (AvgIpc) is 3.03. The van der Waals surface area contributed by atoms with E-state index in [2.05, 4.69) is 4.98 Å². The number of methoxy groups -OCH3 is 1. The molecule has 0 saturated carbocycles. The largest absolute Gasteiger partial charge is 0.493 e. The Labute approximate surface area is 159 Å². The van der Waals surface area contributed by atoms with Crippen molar-refractivity contribution in [2.24, 2.45) is 0 Å². The maximum Gasteiger partial charge on any atom is 0.347 e. The molecule has 0 aliphatic heterocycles. The second kappa shape index (κ2) is 7.76. The first-order valence-electron chi connectivity index (χ1n) is 7.75. The summed E-state index contributed by atoms with van der Waals surface area (Å²) in [6, 6.07) is 12.9. The molecule has 2 aromatic carbocycles. The van der Waals surface area contributed by atoms with Gasteiger partial charge in [-0.25, -0.2) is 9.78 Å². The van der Waals surface area contributed by atoms with Crippen LogP contribution in [0.15, 0.2) is 42.5 Å². The molecule has 0 radical (unpaired) electrons. The first-order chi connectivity index (χ1) is 12.5. The molecule has 0 amide bonds. The van der Waals surface area contributed by atoms with Gasteiger partial charge in [-0.15, -0.1) is 11.3 Å². The minimum absolute atomic E-state index is 0.234. The summed E-state index contributed by atoms with van der Waals surface area (Å²) in [7, 11) is 1.55. The highest BCUT2D eigenvalue weighted by atomic mass is 35.5. The highest BCUT2D eigenvalue weighted by molar-refractivity contribution is 7.17. The van der Waals surface area contributed by atoms with Crippen LogP contribution in [-0.4, -0.2) is 23.2 Å². The summed E-state index contributed by atoms with van der Waals surface area (Å²) in [4.78, 5) is 15.8. The van der Waals surface area contributed by atoms with Gasteiger partial charge in [0.2, 0.25) is 0 Å². The number of hydrogen-bond donors (Lipinski definition) is 1. The predicted octanol–water partition coefficient (Wildman–Crippen LogP) is 5.06. The third-order valence-corrected chi connectivity index (χ3v) is 5.31. The summed E-state index contributed by atoms with van der Waals surface area (Å²) in [5.74, 6) is 0.139. The summed E-state index contributed by atoms with van der Waals surface area (Å²) in [5.41, 5.74) is 2.14. The first-order valence-corrected chi connectivity index (χ1v) is 8.94. The Hall–Kier alpha value is -2.57. The average molecular weight is 390 g/mol. The van der Waals surface area contributed by atoms with Crippen molar-refractivity contribution in [3.8, 4) is 22.1 Å². The third kappa shape index (κ3) is 3.81. The van der Waals surface area contributed by atoms with Crippen LogP contribution in [0.25, 0.3) is 10.6 Å². The van der Waals surface area contributed by atoms with Gasteiger partial charge in [0, 0.05) is 16.1 Å². The lowest BCUT2D eigenvalue weighted by atomic mass is 10.2. The molecular weight excluding hydrogens is 374 g/mol. The van der Waals surface area contributed by atoms with Gasteiger partial charge in [0.25, 0.3) is 0 Å². The number of aromatic carboxylic acids is 1. The molecule has 1 heterocycles. The van der Waals surface area contributed by atoms with E-state index in [1.807, 2.05) is 30.3 Å². The molecule has 7 heteroatoms. The van der Waals surface area contributed by atoms with E-state index in [0.717, 1.165) is 22.5 Å². The van der Waals surface area contributed by atoms with Crippen molar-refractivity contribution in [3.05, 3.63) is 63.6 Å². The Bertz CT molecular complexity index is 954. The zero-order valence-corrected chi connectivity index (χ0v) is 15.7. The van der Waals surface area contributed by atoms with Crippen molar-refractivity contribution in [1.29, 1.82) is 0 Å². The smallest absolute Gasteiger partial charge is 0.347 e. The van der Waals surface area contributed by atoms with Crippen molar-refractivity contribution in [2.45, 2.75) is 13.5 Å². The van der Waals surface area contributed by atoms with Crippen LogP contribution in [0, 0.1) is 6.92 Å². The number of rotatable bonds is 6. The standard InChI is InChI=1S/C19H16ClNO4S/c1-11-17(19(22)23)26-18(21-11)12-7-8-15(16(9-12)24-2)25-10-13-5-3-4-6-14(13)20/h3-9H,10H2,1-2H3,(H,22,23). The van der Waals surface area contributed by atoms with E-state index in [1.165, 1.54) is 0 Å². The number of aryl methyl sites for hydroxylation is 1. The van der Waals surface area contributed by atoms with Gasteiger partial charge >= 0.3 is 5.97 Å². The number of carbonyl (C=O) groups is 1. The third-order valence-electron chi connectivity index (χ3n) is 3.74. The van der Waals surface area contributed by atoms with E-state index in [0.29, 0.717) is 33.8 Å². The molecule has 0 atom stereocenters. The zero-order chi connectivity index (χ0) is 18.7. The summed E-state index contributed by atoms with van der Waals surface area (Å²) < 4.78 is 11.2. The number of aromatic nitrogens is 1. The Kier molecular flexibility index (Phi) is 5.44. The van der Waals surface area contributed by atoms with Crippen molar-refractivity contribution in [1.82, 2.24) is 4.98 Å². The van der Waals surface area contributed by atoms with Crippen LogP contribution >= 0.6 is 22.9 Å². The van der Waals surface area contributed by atoms with Crippen molar-refractivity contribution < 1.29 is 19.4 Å². The maximum absolute atomic E-state index is 11.2. The van der Waals surface area contributed by atoms with Crippen molar-refractivity contribution >= 4 is 28.9 Å². The molecular formula is C19H16ClNO4S. The Morgan fingerprint density at radius 2 is 2.00 bits per heavy atom. The van der Waals surface area contributed by atoms with Gasteiger partial charge in [0.05, 0.1) is 12.8 Å². The van der Waals surface area contributed by atoms with Gasteiger partial charge in [-0.05, 0) is 31.2 Å². The van der Waals surface area contributed by atoms with Crippen LogP contribution in [0.1, 0.15) is 20.9 Å². The summed E-state index contributed by atoms with van der Waals surface area (Å²) >= 11 is 7.28. The number of nitrogens with zero attached hydrogens (tertiary/aromatic N) is 1. The summed E-state index contributed by atoms with van der Waals surface area (Å²) in [6.07, 6.45) is 0. The quantitative estimate of drug-likeness (QED) is 0.638. The molecule has 0 spiro atoms. The number of thiazole rings is 1. The number of halogens is 1. The van der Waals surface area contributed by atoms with E-state index in [4.69, 9.17) is 21.1 Å². The zero-order valence-electron chi connectivity index (χ0n) is 14.2. The molecule has 3 rings (SSSR count). The highest BCUT2D eigenvalue weighted by Crippen LogP contribution is 2.35. The van der Waals surface area contributed by atoms with Crippen LogP contribution in [0.2, 0.25) is 5.02 Å². The molecule has 0 aliphatic carbocycles. The Morgan fingerprint density at radius 3 is 2.65 bits per heavy atom. The maximum atomic E-state index is 11.2. The van der Waals surface area contributed by atoms with Crippen LogP contribution in [0.3, 0.4) is 0 Å². The van der Waals surface area contributed by atoms with E-state index in [9.17, 15) is 9.90 Å². The van der Waals surface area contributed by atoms with E-state index < -0.39 is 5.97 Å². The fraction of sp³-hybridized carbons (Fsp3) is 0.158. The fourth-order valence-electron chi connectivity index (χ4n) is 2.41. The molecule has 134 valence electrons. The second-order valence-electron chi connectivity index (χ2n) is 5.48. The lowest BCUT2D eigenvalue weighted by Gasteiger charge is -2.12. The lowest BCUT2D eigenvalue weighted by molar-refractivity contribution is 0.0701. The number of benzene rings is 2. The summed E-state index contributed by atoms with van der Waals surface area (Å²) in [5, 5.41) is 10.4. The monoisotopic (exact) mass is 389 g/mol. The summed E-state index contributed by atoms with van der Waals surface area (Å²) in [6.45, 7) is 2.00. The molecule has 0 unspecified atom stereocenters. The molecule has 1 N–H and O–H groups in total. The van der Waals surface area contributed by atoms with Gasteiger partial charge < -0.3 is 14.6 Å². The minimum atomic E-state index is -0.974. The van der Waals surface area contributed by atoms with Gasteiger partial charge in [-0.2, -0.15) is 0 Å². The molecule has 0 saturated heterocycles. The molecule has 5 nitrogen and oxygen atoms in total. The van der Waals surface area contributed by atoms with Crippen molar-refractivity contribution in [2.75, 3.05) is 7.11 Å². The Balaban J connectivity index is 1.85. The molecule has 3 aromatic rings. The SMILES string of the molecule is COc1cc(-c2nc(C)c(C(=O)O)s2)ccc1OCc1ccccc1Cl. The molecule has 0 aliphatic rings.